The Morgan fingerprint density at radius 1 is 0.533 bits per heavy atom. The number of halogens is 2. The Bertz CT molecular complexity index is 1120. The van der Waals surface area contributed by atoms with Gasteiger partial charge in [0, 0.05) is 12.8 Å². The van der Waals surface area contributed by atoms with Crippen molar-refractivity contribution < 1.29 is 0 Å². The predicted molar refractivity (Wildman–Crippen MR) is 148 cm³/mol. The third kappa shape index (κ3) is 4.02. The van der Waals surface area contributed by atoms with Crippen LogP contribution in [0.4, 0.5) is 0 Å². The van der Waals surface area contributed by atoms with Gasteiger partial charge in [-0.2, -0.15) is 0 Å². The molecule has 0 aliphatic heterocycles. The predicted octanol–water partition coefficient (Wildman–Crippen LogP) is 7.60. The molecule has 0 nitrogen and oxygen atoms in total. The molecule has 0 N–H and O–H groups in total. The SMILES string of the molecule is Ic1ccc2c(c1)C(P(c1ccccc1)c1ccccc1)c1cc(I)ccc1C=C2. The second-order valence-corrected chi connectivity index (χ2v) is 12.1. The van der Waals surface area contributed by atoms with Crippen LogP contribution in [-0.4, -0.2) is 0 Å². The summed E-state index contributed by atoms with van der Waals surface area (Å²) in [5.74, 6) is 0. The number of benzene rings is 4. The summed E-state index contributed by atoms with van der Waals surface area (Å²) in [7, 11) is -0.631. The van der Waals surface area contributed by atoms with Crippen LogP contribution >= 0.6 is 53.1 Å². The molecule has 0 heterocycles. The maximum Gasteiger partial charge on any atom is 0.0384 e. The van der Waals surface area contributed by atoms with Gasteiger partial charge in [-0.05, 0) is 110 Å². The number of fused-ring (bicyclic) bond motifs is 2. The van der Waals surface area contributed by atoms with Gasteiger partial charge in [0.05, 0.1) is 0 Å². The van der Waals surface area contributed by atoms with Crippen molar-refractivity contribution in [2.24, 2.45) is 0 Å². The molecular formula is C27H19I2P. The number of hydrogen-bond donors (Lipinski definition) is 0. The second kappa shape index (κ2) is 8.94. The number of hydrogen-bond acceptors (Lipinski definition) is 0. The van der Waals surface area contributed by atoms with E-state index in [0.717, 1.165) is 0 Å². The normalized spacial score (nSPS) is 13.0. The molecule has 0 unspecified atom stereocenters. The lowest BCUT2D eigenvalue weighted by atomic mass is 9.99. The molecule has 4 aromatic carbocycles. The summed E-state index contributed by atoms with van der Waals surface area (Å²) in [5, 5.41) is 2.83. The summed E-state index contributed by atoms with van der Waals surface area (Å²) >= 11 is 4.90. The van der Waals surface area contributed by atoms with Crippen LogP contribution in [0.2, 0.25) is 0 Å². The molecule has 1 aliphatic carbocycles. The van der Waals surface area contributed by atoms with Crippen molar-refractivity contribution in [3.8, 4) is 0 Å². The fraction of sp³-hybridized carbons (Fsp3) is 0.0370. The molecule has 146 valence electrons. The molecule has 0 fully saturated rings. The summed E-state index contributed by atoms with van der Waals surface area (Å²) < 4.78 is 2.57. The maximum atomic E-state index is 2.45. The van der Waals surface area contributed by atoms with Crippen LogP contribution in [0.25, 0.3) is 12.2 Å². The largest absolute Gasteiger partial charge is 0.0622 e. The fourth-order valence-electron chi connectivity index (χ4n) is 4.12. The molecule has 0 saturated carbocycles. The van der Waals surface area contributed by atoms with E-state index in [9.17, 15) is 0 Å². The molecule has 0 aromatic heterocycles. The van der Waals surface area contributed by atoms with Gasteiger partial charge in [-0.15, -0.1) is 0 Å². The van der Waals surface area contributed by atoms with Crippen molar-refractivity contribution in [3.63, 3.8) is 0 Å². The van der Waals surface area contributed by atoms with Gasteiger partial charge in [0.2, 0.25) is 0 Å². The van der Waals surface area contributed by atoms with Gasteiger partial charge in [-0.1, -0.05) is 84.9 Å². The smallest absolute Gasteiger partial charge is 0.0384 e. The molecule has 0 spiro atoms. The van der Waals surface area contributed by atoms with Gasteiger partial charge in [-0.3, -0.25) is 0 Å². The zero-order chi connectivity index (χ0) is 20.5. The van der Waals surface area contributed by atoms with E-state index >= 15 is 0 Å². The third-order valence-corrected chi connectivity index (χ3v) is 9.58. The summed E-state index contributed by atoms with van der Waals surface area (Å²) in [5.41, 5.74) is 5.81. The van der Waals surface area contributed by atoms with Gasteiger partial charge in [0.15, 0.2) is 0 Å². The monoisotopic (exact) mass is 628 g/mol. The molecule has 0 radical (unpaired) electrons. The highest BCUT2D eigenvalue weighted by atomic mass is 127. The highest BCUT2D eigenvalue weighted by Gasteiger charge is 2.31. The average molecular weight is 628 g/mol. The minimum atomic E-state index is -0.631. The Hall–Kier alpha value is -1.49. The van der Waals surface area contributed by atoms with Crippen molar-refractivity contribution in [2.45, 2.75) is 5.66 Å². The van der Waals surface area contributed by atoms with Crippen LogP contribution in [0.3, 0.4) is 0 Å². The van der Waals surface area contributed by atoms with Gasteiger partial charge < -0.3 is 0 Å². The molecule has 0 atom stereocenters. The Morgan fingerprint density at radius 2 is 0.967 bits per heavy atom. The summed E-state index contributed by atoms with van der Waals surface area (Å²) in [6, 6.07) is 35.9. The fourth-order valence-corrected chi connectivity index (χ4v) is 8.03. The first kappa shape index (κ1) is 20.4. The lowest BCUT2D eigenvalue weighted by Gasteiger charge is -2.31. The second-order valence-electron chi connectivity index (χ2n) is 7.32. The van der Waals surface area contributed by atoms with E-state index in [0.29, 0.717) is 5.66 Å². The zero-order valence-electron chi connectivity index (χ0n) is 16.2. The van der Waals surface area contributed by atoms with Crippen LogP contribution in [0.1, 0.15) is 27.9 Å². The van der Waals surface area contributed by atoms with Crippen LogP contribution in [0.15, 0.2) is 97.1 Å². The van der Waals surface area contributed by atoms with E-state index in [-0.39, 0.29) is 0 Å². The molecule has 5 rings (SSSR count). The Kier molecular flexibility index (Phi) is 6.08. The molecular weight excluding hydrogens is 609 g/mol. The van der Waals surface area contributed by atoms with Crippen LogP contribution in [0.5, 0.6) is 0 Å². The molecule has 0 amide bonds. The van der Waals surface area contributed by atoms with Crippen LogP contribution in [-0.2, 0) is 0 Å². The first-order valence-electron chi connectivity index (χ1n) is 9.87. The molecule has 0 saturated heterocycles. The highest BCUT2D eigenvalue weighted by molar-refractivity contribution is 14.1. The number of rotatable bonds is 3. The molecule has 3 heteroatoms. The summed E-state index contributed by atoms with van der Waals surface area (Å²) in [6.45, 7) is 0. The van der Waals surface area contributed by atoms with Gasteiger partial charge in [0.25, 0.3) is 0 Å². The Labute approximate surface area is 206 Å². The van der Waals surface area contributed by atoms with E-state index < -0.39 is 7.92 Å². The first-order valence-corrected chi connectivity index (χ1v) is 13.4. The molecule has 30 heavy (non-hydrogen) atoms. The van der Waals surface area contributed by atoms with Crippen LogP contribution < -0.4 is 10.6 Å². The van der Waals surface area contributed by atoms with Crippen LogP contribution in [0, 0.1) is 7.14 Å². The Balaban J connectivity index is 1.83. The Morgan fingerprint density at radius 3 is 1.40 bits per heavy atom. The van der Waals surface area contributed by atoms with Crippen molar-refractivity contribution in [1.82, 2.24) is 0 Å². The zero-order valence-corrected chi connectivity index (χ0v) is 21.4. The molecule has 4 aromatic rings. The van der Waals surface area contributed by atoms with Crippen molar-refractivity contribution in [1.29, 1.82) is 0 Å². The van der Waals surface area contributed by atoms with E-state index in [1.165, 1.54) is 40.0 Å². The first-order chi connectivity index (χ1) is 14.7. The standard InChI is InChI=1S/C27H19I2P/c28-21-15-13-19-11-12-20-14-16-22(29)18-26(20)27(25(19)17-21)30(23-7-3-1-4-8-23)24-9-5-2-6-10-24/h1-18,27H. The van der Waals surface area contributed by atoms with Gasteiger partial charge >= 0.3 is 0 Å². The lowest BCUT2D eigenvalue weighted by Crippen LogP contribution is -2.19. The van der Waals surface area contributed by atoms with E-state index in [2.05, 4.69) is 154 Å². The van der Waals surface area contributed by atoms with E-state index in [1.54, 1.807) is 0 Å². The molecule has 1 aliphatic rings. The minimum Gasteiger partial charge on any atom is -0.0622 e. The summed E-state index contributed by atoms with van der Waals surface area (Å²) in [4.78, 5) is 0. The van der Waals surface area contributed by atoms with E-state index in [1.807, 2.05) is 0 Å². The quantitative estimate of drug-likeness (QED) is 0.162. The topological polar surface area (TPSA) is 0 Å². The average Bonchev–Trinajstić information content (AvgIpc) is 2.92. The summed E-state index contributed by atoms with van der Waals surface area (Å²) in [6.07, 6.45) is 4.58. The van der Waals surface area contributed by atoms with Crippen molar-refractivity contribution in [2.75, 3.05) is 0 Å². The third-order valence-electron chi connectivity index (χ3n) is 5.46. The minimum absolute atomic E-state index is 0.300. The molecule has 0 bridgehead atoms. The maximum absolute atomic E-state index is 2.45. The van der Waals surface area contributed by atoms with Gasteiger partial charge in [-0.25, -0.2) is 0 Å². The highest BCUT2D eigenvalue weighted by Crippen LogP contribution is 2.56. The lowest BCUT2D eigenvalue weighted by molar-refractivity contribution is 1.13. The van der Waals surface area contributed by atoms with Crippen molar-refractivity contribution >= 4 is 75.9 Å². The van der Waals surface area contributed by atoms with Crippen molar-refractivity contribution in [3.05, 3.63) is 126 Å². The van der Waals surface area contributed by atoms with Gasteiger partial charge in [0.1, 0.15) is 0 Å². The van der Waals surface area contributed by atoms with E-state index in [4.69, 9.17) is 0 Å².